The number of alkyl halides is 7. The Morgan fingerprint density at radius 2 is 1.62 bits per heavy atom. The van der Waals surface area contributed by atoms with Crippen LogP contribution in [0.2, 0.25) is 0 Å². The number of carbonyl (C=O) groups is 2. The van der Waals surface area contributed by atoms with Crippen LogP contribution in [0.25, 0.3) is 0 Å². The molecule has 0 aromatic heterocycles. The zero-order valence-electron chi connectivity index (χ0n) is 25.6. The summed E-state index contributed by atoms with van der Waals surface area (Å²) in [4.78, 5) is 28.5. The highest BCUT2D eigenvalue weighted by Gasteiger charge is 2.74. The first-order chi connectivity index (χ1) is 21.7. The molecule has 0 aliphatic carbocycles. The minimum atomic E-state index is -6.40. The molecular formula is C31H33F7N2O6S. The maximum absolute atomic E-state index is 15.0. The number of carboxylic acids is 1. The number of ether oxygens (including phenoxy) is 1. The molecule has 3 aliphatic rings. The van der Waals surface area contributed by atoms with Gasteiger partial charge in [0.15, 0.2) is 9.84 Å². The largest absolute Gasteiger partial charge is 0.491 e. The molecule has 2 amide bonds. The second-order valence-corrected chi connectivity index (χ2v) is 14.9. The summed E-state index contributed by atoms with van der Waals surface area (Å²) in [5, 5.41) is 9.75. The van der Waals surface area contributed by atoms with Gasteiger partial charge in [-0.15, -0.1) is 0 Å². The van der Waals surface area contributed by atoms with Gasteiger partial charge in [-0.1, -0.05) is 43.7 Å². The number of likely N-dealkylation sites (tertiary alicyclic amines) is 2. The highest BCUT2D eigenvalue weighted by atomic mass is 32.2. The van der Waals surface area contributed by atoms with Gasteiger partial charge in [-0.2, -0.15) is 26.3 Å². The van der Waals surface area contributed by atoms with Crippen molar-refractivity contribution in [2.45, 2.75) is 73.7 Å². The number of carbonyl (C=O) groups excluding carboxylic acids is 1. The van der Waals surface area contributed by atoms with E-state index in [0.29, 0.717) is 18.1 Å². The number of nitrogens with zero attached hydrogens (tertiary/aromatic N) is 2. The van der Waals surface area contributed by atoms with Crippen LogP contribution in [0.5, 0.6) is 5.75 Å². The van der Waals surface area contributed by atoms with Crippen LogP contribution in [-0.2, 0) is 25.0 Å². The third kappa shape index (κ3) is 5.12. The van der Waals surface area contributed by atoms with Crippen molar-refractivity contribution in [2.75, 3.05) is 26.2 Å². The summed E-state index contributed by atoms with van der Waals surface area (Å²) in [5.41, 5.74) is -8.00. The van der Waals surface area contributed by atoms with Crippen LogP contribution < -0.4 is 4.74 Å². The molecule has 258 valence electrons. The molecule has 3 aliphatic heterocycles. The van der Waals surface area contributed by atoms with Gasteiger partial charge in [0.05, 0.1) is 16.9 Å². The van der Waals surface area contributed by atoms with Crippen LogP contribution in [0.3, 0.4) is 0 Å². The summed E-state index contributed by atoms with van der Waals surface area (Å²) in [6.07, 6.45) is -12.5. The number of fused-ring (bicyclic) bond motifs is 3. The van der Waals surface area contributed by atoms with E-state index in [2.05, 4.69) is 0 Å². The molecule has 2 saturated heterocycles. The lowest BCUT2D eigenvalue weighted by molar-refractivity contribution is -0.348. The molecule has 8 nitrogen and oxygen atoms in total. The van der Waals surface area contributed by atoms with Crippen molar-refractivity contribution in [1.29, 1.82) is 0 Å². The van der Waals surface area contributed by atoms with Crippen molar-refractivity contribution in [3.63, 3.8) is 0 Å². The molecule has 47 heavy (non-hydrogen) atoms. The molecule has 3 heterocycles. The van der Waals surface area contributed by atoms with E-state index in [4.69, 9.17) is 4.74 Å². The van der Waals surface area contributed by atoms with E-state index in [-0.39, 0.29) is 55.1 Å². The molecule has 0 saturated carbocycles. The van der Waals surface area contributed by atoms with Gasteiger partial charge in [-0.3, -0.25) is 4.79 Å². The summed E-state index contributed by atoms with van der Waals surface area (Å²) in [6.45, 7) is 4.53. The van der Waals surface area contributed by atoms with Crippen molar-refractivity contribution >= 4 is 21.8 Å². The summed E-state index contributed by atoms with van der Waals surface area (Å²) < 4.78 is 129. The number of hydrogen-bond donors (Lipinski definition) is 1. The lowest BCUT2D eigenvalue weighted by Crippen LogP contribution is -2.59. The number of benzene rings is 2. The predicted octanol–water partition coefficient (Wildman–Crippen LogP) is 6.36. The molecule has 1 N–H and O–H groups in total. The fourth-order valence-electron chi connectivity index (χ4n) is 7.26. The molecular weight excluding hydrogens is 661 g/mol. The Morgan fingerprint density at radius 1 is 1.00 bits per heavy atom. The first kappa shape index (κ1) is 34.8. The van der Waals surface area contributed by atoms with Crippen LogP contribution in [0.4, 0.5) is 35.5 Å². The topological polar surface area (TPSA) is 104 Å². The number of rotatable bonds is 5. The first-order valence-electron chi connectivity index (χ1n) is 14.9. The number of piperidine rings is 1. The van der Waals surface area contributed by atoms with Gasteiger partial charge in [0.1, 0.15) is 17.1 Å². The average Bonchev–Trinajstić information content (AvgIpc) is 3.40. The Hall–Kier alpha value is -3.56. The maximum atomic E-state index is 15.0. The zero-order chi connectivity index (χ0) is 35.0. The molecule has 16 heteroatoms. The molecule has 2 aromatic rings. The second kappa shape index (κ2) is 11.3. The number of hydrogen-bond acceptors (Lipinski definition) is 5. The number of aliphatic carboxylic acids is 1. The number of amides is 2. The van der Waals surface area contributed by atoms with Crippen molar-refractivity contribution in [3.05, 3.63) is 59.2 Å². The van der Waals surface area contributed by atoms with Gasteiger partial charge in [0.2, 0.25) is 0 Å². The Labute approximate surface area is 266 Å². The number of carboxylic acid groups (broad SMARTS) is 1. The predicted molar refractivity (Wildman–Crippen MR) is 153 cm³/mol. The fourth-order valence-corrected chi connectivity index (χ4v) is 9.55. The van der Waals surface area contributed by atoms with E-state index >= 15 is 4.39 Å². The molecule has 4 atom stereocenters. The van der Waals surface area contributed by atoms with Crippen LogP contribution in [-0.4, -0.2) is 80.0 Å². The van der Waals surface area contributed by atoms with Crippen LogP contribution >= 0.6 is 0 Å². The van der Waals surface area contributed by atoms with Gasteiger partial charge in [0, 0.05) is 30.8 Å². The maximum Gasteiger partial charge on any atom is 0.435 e. The van der Waals surface area contributed by atoms with Crippen molar-refractivity contribution in [2.24, 2.45) is 11.3 Å². The van der Waals surface area contributed by atoms with Crippen molar-refractivity contribution in [1.82, 2.24) is 9.80 Å². The highest BCUT2D eigenvalue weighted by Crippen LogP contribution is 2.57. The molecule has 0 bridgehead atoms. The molecule has 0 radical (unpaired) electrons. The van der Waals surface area contributed by atoms with Gasteiger partial charge in [-0.05, 0) is 49.8 Å². The highest BCUT2D eigenvalue weighted by molar-refractivity contribution is 7.92. The van der Waals surface area contributed by atoms with E-state index < -0.39 is 79.9 Å². The average molecular weight is 695 g/mol. The Balaban J connectivity index is 1.63. The number of urea groups is 1. The lowest BCUT2D eigenvalue weighted by Gasteiger charge is -2.47. The summed E-state index contributed by atoms with van der Waals surface area (Å²) in [5.74, 6) is -2.41. The van der Waals surface area contributed by atoms with E-state index in [9.17, 15) is 49.5 Å². The third-order valence-electron chi connectivity index (χ3n) is 10.2. The standard InChI is InChI=1S/C31H33F7N2O6S/c1-4-27(3)17-39(13-11-22(27)25(41)42)26(43)40-14-12-28(47(44,45)20-8-5-18(2)6-9-20)21-10-7-19(15-23(21)46-16-24(28)40)29(32,30(33,34)35)31(36,37)38/h5-10,15,22,24H,4,11-14,16-17H2,1-3H3,(H,41,42). The molecule has 5 rings (SSSR count). The smallest absolute Gasteiger partial charge is 0.435 e. The SMILES string of the molecule is CCC1(C)CN(C(=O)N2CCC3(S(=O)(=O)c4ccc(C)cc4)c4ccc(C(F)(C(F)(F)F)C(F)(F)F)cc4OCC23)CCC1C(=O)O. The second-order valence-electron chi connectivity index (χ2n) is 12.7. The minimum absolute atomic E-state index is 0.0501. The third-order valence-corrected chi connectivity index (χ3v) is 12.7. The fraction of sp³-hybridized carbons (Fsp3) is 0.548. The van der Waals surface area contributed by atoms with Gasteiger partial charge in [-0.25, -0.2) is 17.6 Å². The van der Waals surface area contributed by atoms with Crippen molar-refractivity contribution in [3.8, 4) is 5.75 Å². The van der Waals surface area contributed by atoms with Gasteiger partial charge < -0.3 is 19.6 Å². The minimum Gasteiger partial charge on any atom is -0.491 e. The first-order valence-corrected chi connectivity index (χ1v) is 16.3. The molecule has 2 fully saturated rings. The summed E-state index contributed by atoms with van der Waals surface area (Å²) in [7, 11) is -4.55. The number of aryl methyl sites for hydroxylation is 1. The summed E-state index contributed by atoms with van der Waals surface area (Å²) >= 11 is 0. The van der Waals surface area contributed by atoms with E-state index in [1.807, 2.05) is 0 Å². The van der Waals surface area contributed by atoms with E-state index in [0.717, 1.165) is 0 Å². The monoisotopic (exact) mass is 694 g/mol. The Morgan fingerprint density at radius 3 is 2.17 bits per heavy atom. The molecule has 2 aromatic carbocycles. The van der Waals surface area contributed by atoms with E-state index in [1.165, 1.54) is 34.1 Å². The van der Waals surface area contributed by atoms with Gasteiger partial charge >= 0.3 is 30.0 Å². The van der Waals surface area contributed by atoms with Crippen molar-refractivity contribution < 1.29 is 58.6 Å². The zero-order valence-corrected chi connectivity index (χ0v) is 26.4. The normalized spacial score (nSPS) is 26.8. The molecule has 0 spiro atoms. The Kier molecular flexibility index (Phi) is 8.33. The lowest BCUT2D eigenvalue weighted by atomic mass is 9.70. The van der Waals surface area contributed by atoms with E-state index in [1.54, 1.807) is 20.8 Å². The van der Waals surface area contributed by atoms with Crippen LogP contribution in [0.15, 0.2) is 47.4 Å². The quantitative estimate of drug-likeness (QED) is 0.366. The van der Waals surface area contributed by atoms with Crippen LogP contribution in [0, 0.1) is 18.3 Å². The Bertz CT molecular complexity index is 1670. The van der Waals surface area contributed by atoms with Gasteiger partial charge in [0.25, 0.3) is 0 Å². The number of sulfone groups is 1. The number of halogens is 7. The summed E-state index contributed by atoms with van der Waals surface area (Å²) in [6, 6.07) is 4.95. The van der Waals surface area contributed by atoms with Crippen LogP contribution in [0.1, 0.15) is 49.8 Å². The molecule has 4 unspecified atom stereocenters.